The van der Waals surface area contributed by atoms with E-state index in [0.29, 0.717) is 11.6 Å². The lowest BCUT2D eigenvalue weighted by molar-refractivity contribution is 0.422. The molecule has 1 aromatic heterocycles. The van der Waals surface area contributed by atoms with Crippen LogP contribution in [0.5, 0.6) is 0 Å². The molecule has 2 nitrogen and oxygen atoms in total. The van der Waals surface area contributed by atoms with Crippen molar-refractivity contribution in [1.29, 1.82) is 0 Å². The molecule has 0 fully saturated rings. The Balaban J connectivity index is 2.25. The molecule has 1 heterocycles. The summed E-state index contributed by atoms with van der Waals surface area (Å²) in [5.74, 6) is -0.239. The fraction of sp³-hybridized carbons (Fsp3) is 0.312. The Kier molecular flexibility index (Phi) is 5.25. The van der Waals surface area contributed by atoms with Crippen LogP contribution in [-0.4, -0.2) is 10.5 Å². The number of nitrogens with one attached hydrogen (secondary N) is 1. The van der Waals surface area contributed by atoms with Crippen LogP contribution >= 0.6 is 23.4 Å². The van der Waals surface area contributed by atoms with Gasteiger partial charge in [-0.2, -0.15) is 0 Å². The van der Waals surface area contributed by atoms with Gasteiger partial charge in [-0.25, -0.2) is 9.37 Å². The summed E-state index contributed by atoms with van der Waals surface area (Å²) in [7, 11) is 0. The van der Waals surface area contributed by atoms with Gasteiger partial charge in [-0.15, -0.1) is 0 Å². The zero-order chi connectivity index (χ0) is 15.5. The summed E-state index contributed by atoms with van der Waals surface area (Å²) in [6.07, 6.45) is 1.70. The van der Waals surface area contributed by atoms with Crippen molar-refractivity contribution in [2.45, 2.75) is 42.8 Å². The largest absolute Gasteiger partial charge is 0.308 e. The topological polar surface area (TPSA) is 24.9 Å². The third-order valence-corrected chi connectivity index (χ3v) is 4.32. The number of benzene rings is 1. The fourth-order valence-electron chi connectivity index (χ4n) is 1.70. The number of nitrogens with zero attached hydrogens (tertiary/aromatic N) is 1. The first-order valence-electron chi connectivity index (χ1n) is 6.67. The Morgan fingerprint density at radius 2 is 2.05 bits per heavy atom. The Morgan fingerprint density at radius 3 is 2.71 bits per heavy atom. The van der Waals surface area contributed by atoms with Crippen LogP contribution in [0, 0.1) is 5.82 Å². The molecule has 0 aliphatic heterocycles. The molecule has 0 bridgehead atoms. The van der Waals surface area contributed by atoms with Crippen molar-refractivity contribution in [2.75, 3.05) is 0 Å². The monoisotopic (exact) mass is 324 g/mol. The van der Waals surface area contributed by atoms with E-state index in [1.165, 1.54) is 17.8 Å². The van der Waals surface area contributed by atoms with Crippen molar-refractivity contribution in [3.63, 3.8) is 0 Å². The molecule has 0 unspecified atom stereocenters. The second-order valence-corrected chi connectivity index (χ2v) is 7.19. The van der Waals surface area contributed by atoms with Gasteiger partial charge in [0.15, 0.2) is 0 Å². The van der Waals surface area contributed by atoms with Crippen molar-refractivity contribution in [2.24, 2.45) is 0 Å². The molecule has 0 saturated carbocycles. The van der Waals surface area contributed by atoms with Gasteiger partial charge in [-0.05, 0) is 56.7 Å². The minimum absolute atomic E-state index is 0.0309. The number of rotatable bonds is 4. The van der Waals surface area contributed by atoms with Crippen LogP contribution in [0.3, 0.4) is 0 Å². The number of hydrogen-bond donors (Lipinski definition) is 1. The van der Waals surface area contributed by atoms with Gasteiger partial charge in [0, 0.05) is 23.2 Å². The Bertz CT molecular complexity index is 626. The highest BCUT2D eigenvalue weighted by atomic mass is 35.5. The maximum Gasteiger partial charge on any atom is 0.123 e. The summed E-state index contributed by atoms with van der Waals surface area (Å²) in [6.45, 7) is 6.83. The summed E-state index contributed by atoms with van der Waals surface area (Å²) in [5, 5.41) is 4.70. The van der Waals surface area contributed by atoms with Gasteiger partial charge < -0.3 is 5.32 Å². The third-order valence-electron chi connectivity index (χ3n) is 2.76. The normalized spacial score (nSPS) is 11.7. The molecule has 21 heavy (non-hydrogen) atoms. The van der Waals surface area contributed by atoms with E-state index in [1.54, 1.807) is 30.5 Å². The van der Waals surface area contributed by atoms with Crippen LogP contribution in [0.25, 0.3) is 0 Å². The van der Waals surface area contributed by atoms with E-state index < -0.39 is 0 Å². The number of hydrogen-bond acceptors (Lipinski definition) is 3. The van der Waals surface area contributed by atoms with Crippen molar-refractivity contribution in [3.8, 4) is 0 Å². The smallest absolute Gasteiger partial charge is 0.123 e. The van der Waals surface area contributed by atoms with Gasteiger partial charge in [0.2, 0.25) is 0 Å². The van der Waals surface area contributed by atoms with E-state index in [2.05, 4.69) is 31.1 Å². The minimum Gasteiger partial charge on any atom is -0.308 e. The molecular weight excluding hydrogens is 307 g/mol. The van der Waals surface area contributed by atoms with Crippen molar-refractivity contribution in [1.82, 2.24) is 10.3 Å². The average molecular weight is 325 g/mol. The molecule has 0 radical (unpaired) electrons. The van der Waals surface area contributed by atoms with Gasteiger partial charge in [0.25, 0.3) is 0 Å². The molecule has 0 atom stereocenters. The molecule has 0 amide bonds. The average Bonchev–Trinajstić information content (AvgIpc) is 2.40. The standard InChI is InChI=1S/C16H18ClFN2S/c1-16(2,3)20-10-11-9-12(18)6-7-14(11)21-15-13(17)5-4-8-19-15/h4-9,20H,10H2,1-3H3. The number of aromatic nitrogens is 1. The van der Waals surface area contributed by atoms with Crippen LogP contribution in [0.2, 0.25) is 5.02 Å². The molecule has 0 aliphatic rings. The summed E-state index contributed by atoms with van der Waals surface area (Å²) < 4.78 is 13.5. The van der Waals surface area contributed by atoms with E-state index >= 15 is 0 Å². The van der Waals surface area contributed by atoms with Crippen LogP contribution in [-0.2, 0) is 6.54 Å². The van der Waals surface area contributed by atoms with Gasteiger partial charge in [0.05, 0.1) is 5.02 Å². The first-order valence-corrected chi connectivity index (χ1v) is 7.86. The van der Waals surface area contributed by atoms with Crippen molar-refractivity contribution in [3.05, 3.63) is 52.9 Å². The number of pyridine rings is 1. The number of halogens is 2. The first-order chi connectivity index (χ1) is 9.85. The zero-order valence-corrected chi connectivity index (χ0v) is 13.9. The first kappa shape index (κ1) is 16.3. The Morgan fingerprint density at radius 1 is 1.29 bits per heavy atom. The van der Waals surface area contributed by atoms with Crippen molar-refractivity contribution >= 4 is 23.4 Å². The molecule has 1 aromatic carbocycles. The van der Waals surface area contributed by atoms with E-state index in [9.17, 15) is 4.39 Å². The summed E-state index contributed by atoms with van der Waals surface area (Å²) in [4.78, 5) is 5.22. The van der Waals surface area contributed by atoms with Gasteiger partial charge in [0.1, 0.15) is 10.8 Å². The SMILES string of the molecule is CC(C)(C)NCc1cc(F)ccc1Sc1ncccc1Cl. The molecule has 2 rings (SSSR count). The summed E-state index contributed by atoms with van der Waals surface area (Å²) in [5.41, 5.74) is 0.869. The second kappa shape index (κ2) is 6.77. The predicted molar refractivity (Wildman–Crippen MR) is 86.4 cm³/mol. The van der Waals surface area contributed by atoms with Gasteiger partial charge >= 0.3 is 0 Å². The quantitative estimate of drug-likeness (QED) is 0.864. The summed E-state index contributed by atoms with van der Waals surface area (Å²) in [6, 6.07) is 8.37. The maximum atomic E-state index is 13.5. The molecule has 0 spiro atoms. The molecule has 0 aliphatic carbocycles. The maximum absolute atomic E-state index is 13.5. The van der Waals surface area contributed by atoms with Crippen LogP contribution in [0.15, 0.2) is 46.5 Å². The highest BCUT2D eigenvalue weighted by Crippen LogP contribution is 2.33. The molecule has 5 heteroatoms. The minimum atomic E-state index is -0.239. The highest BCUT2D eigenvalue weighted by molar-refractivity contribution is 7.99. The zero-order valence-electron chi connectivity index (χ0n) is 12.3. The van der Waals surface area contributed by atoms with Crippen LogP contribution in [0.1, 0.15) is 26.3 Å². The molecule has 0 saturated heterocycles. The molecule has 2 aromatic rings. The van der Waals surface area contributed by atoms with E-state index in [0.717, 1.165) is 15.5 Å². The highest BCUT2D eigenvalue weighted by Gasteiger charge is 2.13. The van der Waals surface area contributed by atoms with E-state index in [1.807, 2.05) is 0 Å². The molecular formula is C16H18ClFN2S. The lowest BCUT2D eigenvalue weighted by atomic mass is 10.1. The Labute approximate surface area is 134 Å². The van der Waals surface area contributed by atoms with E-state index in [4.69, 9.17) is 11.6 Å². The molecule has 1 N–H and O–H groups in total. The lowest BCUT2D eigenvalue weighted by Crippen LogP contribution is -2.35. The van der Waals surface area contributed by atoms with Gasteiger partial charge in [-0.1, -0.05) is 23.4 Å². The van der Waals surface area contributed by atoms with E-state index in [-0.39, 0.29) is 11.4 Å². The molecule has 112 valence electrons. The van der Waals surface area contributed by atoms with Crippen LogP contribution < -0.4 is 5.32 Å². The predicted octanol–water partition coefficient (Wildman–Crippen LogP) is 4.91. The van der Waals surface area contributed by atoms with Crippen LogP contribution in [0.4, 0.5) is 4.39 Å². The second-order valence-electron chi connectivity index (χ2n) is 5.75. The summed E-state index contributed by atoms with van der Waals surface area (Å²) >= 11 is 7.58. The fourth-order valence-corrected chi connectivity index (χ4v) is 2.82. The third kappa shape index (κ3) is 4.99. The Hall–Kier alpha value is -1.10. The van der Waals surface area contributed by atoms with Crippen molar-refractivity contribution < 1.29 is 4.39 Å². The van der Waals surface area contributed by atoms with Gasteiger partial charge in [-0.3, -0.25) is 0 Å². The lowest BCUT2D eigenvalue weighted by Gasteiger charge is -2.21.